The van der Waals surface area contributed by atoms with E-state index in [2.05, 4.69) is 5.32 Å². The number of thioether (sulfide) groups is 1. The average molecular weight is 292 g/mol. The summed E-state index contributed by atoms with van der Waals surface area (Å²) in [6.45, 7) is 1.19. The number of nitrogens with zero attached hydrogens (tertiary/aromatic N) is 1. The molecule has 0 radical (unpaired) electrons. The highest BCUT2D eigenvalue weighted by atomic mass is 32.2. The van der Waals surface area contributed by atoms with Gasteiger partial charge < -0.3 is 10.2 Å². The van der Waals surface area contributed by atoms with E-state index in [9.17, 15) is 13.2 Å². The van der Waals surface area contributed by atoms with Gasteiger partial charge in [-0.25, -0.2) is 0 Å². The predicted octanol–water partition coefficient (Wildman–Crippen LogP) is 3.08. The van der Waals surface area contributed by atoms with Gasteiger partial charge in [-0.05, 0) is 38.8 Å². The molecule has 0 saturated carbocycles. The minimum Gasteiger partial charge on any atom is -0.316 e. The van der Waals surface area contributed by atoms with E-state index in [0.29, 0.717) is 22.8 Å². The van der Waals surface area contributed by atoms with Crippen LogP contribution >= 0.6 is 11.8 Å². The predicted molar refractivity (Wildman–Crippen MR) is 73.5 cm³/mol. The van der Waals surface area contributed by atoms with Crippen LogP contribution in [-0.2, 0) is 12.7 Å². The summed E-state index contributed by atoms with van der Waals surface area (Å²) in [6, 6.07) is 4.54. The van der Waals surface area contributed by atoms with Gasteiger partial charge in [0.2, 0.25) is 0 Å². The molecule has 0 atom stereocenters. The van der Waals surface area contributed by atoms with Gasteiger partial charge in [-0.2, -0.15) is 13.2 Å². The number of halogens is 3. The summed E-state index contributed by atoms with van der Waals surface area (Å²) in [5.74, 6) is 0.640. The van der Waals surface area contributed by atoms with Crippen molar-refractivity contribution in [3.63, 3.8) is 0 Å². The molecule has 0 spiro atoms. The molecule has 19 heavy (non-hydrogen) atoms. The lowest BCUT2D eigenvalue weighted by Gasteiger charge is -2.15. The Balaban J connectivity index is 2.90. The van der Waals surface area contributed by atoms with Crippen LogP contribution in [0.4, 0.5) is 13.2 Å². The molecule has 0 amide bonds. The van der Waals surface area contributed by atoms with Gasteiger partial charge in [0.05, 0.1) is 5.56 Å². The third-order valence-electron chi connectivity index (χ3n) is 2.53. The van der Waals surface area contributed by atoms with Gasteiger partial charge in [-0.15, -0.1) is 11.8 Å². The zero-order valence-electron chi connectivity index (χ0n) is 11.3. The molecule has 0 aliphatic rings. The van der Waals surface area contributed by atoms with Gasteiger partial charge in [0.15, 0.2) is 0 Å². The summed E-state index contributed by atoms with van der Waals surface area (Å²) in [6.07, 6.45) is -4.30. The first-order valence-corrected chi connectivity index (χ1v) is 6.95. The maximum Gasteiger partial charge on any atom is 0.417 e. The van der Waals surface area contributed by atoms with E-state index in [1.165, 1.54) is 17.8 Å². The molecular weight excluding hydrogens is 273 g/mol. The van der Waals surface area contributed by atoms with E-state index in [0.717, 1.165) is 6.54 Å². The summed E-state index contributed by atoms with van der Waals surface area (Å²) in [5.41, 5.74) is 0.107. The molecule has 0 heterocycles. The van der Waals surface area contributed by atoms with Gasteiger partial charge in [-0.3, -0.25) is 0 Å². The molecule has 1 rings (SSSR count). The summed E-state index contributed by atoms with van der Waals surface area (Å²) in [4.78, 5) is 2.25. The number of rotatable bonds is 6. The Hall–Kier alpha value is -0.720. The molecule has 0 aliphatic heterocycles. The monoisotopic (exact) mass is 292 g/mol. The Morgan fingerprint density at radius 2 is 1.95 bits per heavy atom. The molecule has 0 saturated heterocycles. The van der Waals surface area contributed by atoms with Crippen LogP contribution in [0, 0.1) is 0 Å². The Morgan fingerprint density at radius 1 is 1.26 bits per heavy atom. The zero-order chi connectivity index (χ0) is 14.5. The van der Waals surface area contributed by atoms with Gasteiger partial charge in [0.25, 0.3) is 0 Å². The van der Waals surface area contributed by atoms with Crippen LogP contribution in [0.2, 0.25) is 0 Å². The van der Waals surface area contributed by atoms with Crippen LogP contribution in [0.15, 0.2) is 23.1 Å². The molecule has 0 unspecified atom stereocenters. The van der Waals surface area contributed by atoms with E-state index in [4.69, 9.17) is 0 Å². The van der Waals surface area contributed by atoms with E-state index in [1.807, 2.05) is 19.0 Å². The lowest BCUT2D eigenvalue weighted by atomic mass is 10.1. The minimum atomic E-state index is -4.30. The molecule has 6 heteroatoms. The van der Waals surface area contributed by atoms with Gasteiger partial charge in [-0.1, -0.05) is 6.07 Å². The lowest BCUT2D eigenvalue weighted by Crippen LogP contribution is -2.15. The Labute approximate surface area is 116 Å². The molecule has 1 N–H and O–H groups in total. The molecule has 108 valence electrons. The second-order valence-corrected chi connectivity index (χ2v) is 5.65. The molecule has 0 aromatic heterocycles. The first kappa shape index (κ1) is 16.3. The van der Waals surface area contributed by atoms with Crippen LogP contribution in [-0.4, -0.2) is 38.3 Å². The number of hydrogen-bond acceptors (Lipinski definition) is 3. The molecular formula is C13H19F3N2S. The fourth-order valence-corrected chi connectivity index (χ4v) is 2.75. The van der Waals surface area contributed by atoms with Crippen LogP contribution < -0.4 is 5.32 Å². The third-order valence-corrected chi connectivity index (χ3v) is 3.58. The topological polar surface area (TPSA) is 15.3 Å². The van der Waals surface area contributed by atoms with Crippen molar-refractivity contribution in [3.8, 4) is 0 Å². The molecule has 0 bridgehead atoms. The fourth-order valence-electron chi connectivity index (χ4n) is 1.58. The molecule has 0 fully saturated rings. The normalized spacial score (nSPS) is 12.2. The van der Waals surface area contributed by atoms with E-state index < -0.39 is 11.7 Å². The number of benzene rings is 1. The van der Waals surface area contributed by atoms with Crippen LogP contribution in [0.3, 0.4) is 0 Å². The fraction of sp³-hybridized carbons (Fsp3) is 0.538. The number of hydrogen-bond donors (Lipinski definition) is 1. The van der Waals surface area contributed by atoms with Gasteiger partial charge >= 0.3 is 6.18 Å². The van der Waals surface area contributed by atoms with Crippen molar-refractivity contribution in [1.82, 2.24) is 10.2 Å². The summed E-state index contributed by atoms with van der Waals surface area (Å²) >= 11 is 1.25. The second kappa shape index (κ2) is 7.17. The van der Waals surface area contributed by atoms with Crippen molar-refractivity contribution in [2.45, 2.75) is 17.6 Å². The smallest absolute Gasteiger partial charge is 0.316 e. The first-order chi connectivity index (χ1) is 8.84. The highest BCUT2D eigenvalue weighted by Crippen LogP contribution is 2.37. The van der Waals surface area contributed by atoms with Crippen LogP contribution in [0.1, 0.15) is 11.1 Å². The first-order valence-electron chi connectivity index (χ1n) is 5.97. The standard InChI is InChI=1S/C13H19F3N2S/c1-17-9-10-4-5-12(19-7-6-18(2)3)11(8-10)13(14,15)16/h4-5,8,17H,6-7,9H2,1-3H3. The molecule has 2 nitrogen and oxygen atoms in total. The maximum absolute atomic E-state index is 13.0. The Kier molecular flexibility index (Phi) is 6.16. The van der Waals surface area contributed by atoms with Gasteiger partial charge in [0.1, 0.15) is 0 Å². The zero-order valence-corrected chi connectivity index (χ0v) is 12.2. The minimum absolute atomic E-state index is 0.300. The SMILES string of the molecule is CNCc1ccc(SCCN(C)C)c(C(F)(F)F)c1. The van der Waals surface area contributed by atoms with Crippen molar-refractivity contribution in [2.75, 3.05) is 33.4 Å². The van der Waals surface area contributed by atoms with Crippen molar-refractivity contribution in [1.29, 1.82) is 0 Å². The van der Waals surface area contributed by atoms with Crippen molar-refractivity contribution < 1.29 is 13.2 Å². The summed E-state index contributed by atoms with van der Waals surface area (Å²) in [7, 11) is 5.52. The van der Waals surface area contributed by atoms with Crippen LogP contribution in [0.25, 0.3) is 0 Å². The molecule has 0 aliphatic carbocycles. The molecule has 1 aromatic rings. The second-order valence-electron chi connectivity index (χ2n) is 4.51. The average Bonchev–Trinajstić information content (AvgIpc) is 2.29. The van der Waals surface area contributed by atoms with E-state index in [1.54, 1.807) is 19.2 Å². The van der Waals surface area contributed by atoms with E-state index in [-0.39, 0.29) is 0 Å². The number of alkyl halides is 3. The third kappa shape index (κ3) is 5.42. The Bertz CT molecular complexity index is 405. The Morgan fingerprint density at radius 3 is 2.47 bits per heavy atom. The van der Waals surface area contributed by atoms with E-state index >= 15 is 0 Å². The maximum atomic E-state index is 13.0. The number of nitrogens with one attached hydrogen (secondary N) is 1. The molecule has 1 aromatic carbocycles. The highest BCUT2D eigenvalue weighted by molar-refractivity contribution is 7.99. The summed E-state index contributed by atoms with van der Waals surface area (Å²) < 4.78 is 39.0. The van der Waals surface area contributed by atoms with Crippen molar-refractivity contribution in [3.05, 3.63) is 29.3 Å². The van der Waals surface area contributed by atoms with Crippen LogP contribution in [0.5, 0.6) is 0 Å². The van der Waals surface area contributed by atoms with Crippen molar-refractivity contribution in [2.24, 2.45) is 0 Å². The quantitative estimate of drug-likeness (QED) is 0.811. The highest BCUT2D eigenvalue weighted by Gasteiger charge is 2.33. The van der Waals surface area contributed by atoms with Crippen molar-refractivity contribution >= 4 is 11.8 Å². The largest absolute Gasteiger partial charge is 0.417 e. The lowest BCUT2D eigenvalue weighted by molar-refractivity contribution is -0.139. The summed E-state index contributed by atoms with van der Waals surface area (Å²) in [5, 5.41) is 2.86. The van der Waals surface area contributed by atoms with Gasteiger partial charge in [0, 0.05) is 23.7 Å².